The number of nitrogens with one attached hydrogen (secondary N) is 2. The van der Waals surface area contributed by atoms with Crippen LogP contribution >= 0.6 is 12.2 Å². The fraction of sp³-hybridized carbons (Fsp3) is 0.364. The fourth-order valence-electron chi connectivity index (χ4n) is 3.46. The van der Waals surface area contributed by atoms with Crippen molar-refractivity contribution < 1.29 is 9.53 Å². The first kappa shape index (κ1) is 20.1. The Hall–Kier alpha value is -2.60. The Morgan fingerprint density at radius 3 is 2.61 bits per heavy atom. The van der Waals surface area contributed by atoms with Gasteiger partial charge in [0.1, 0.15) is 5.75 Å². The number of thiocarbonyl (C=S) groups is 1. The van der Waals surface area contributed by atoms with Gasteiger partial charge in [-0.1, -0.05) is 25.1 Å². The molecule has 2 aromatic carbocycles. The smallest absolute Gasteiger partial charge is 0.227 e. The summed E-state index contributed by atoms with van der Waals surface area (Å²) in [4.78, 5) is 14.0. The van der Waals surface area contributed by atoms with Crippen molar-refractivity contribution in [3.05, 3.63) is 53.6 Å². The Kier molecular flexibility index (Phi) is 6.52. The largest absolute Gasteiger partial charge is 0.497 e. The lowest BCUT2D eigenvalue weighted by atomic mass is 10.0. The minimum Gasteiger partial charge on any atom is -0.497 e. The van der Waals surface area contributed by atoms with Gasteiger partial charge in [-0.15, -0.1) is 0 Å². The van der Waals surface area contributed by atoms with E-state index >= 15 is 0 Å². The van der Waals surface area contributed by atoms with Crippen molar-refractivity contribution in [2.24, 2.45) is 0 Å². The van der Waals surface area contributed by atoms with Crippen LogP contribution in [0.2, 0.25) is 0 Å². The van der Waals surface area contributed by atoms with E-state index in [1.807, 2.05) is 54.3 Å². The number of hydrogen-bond donors (Lipinski definition) is 2. The van der Waals surface area contributed by atoms with Crippen LogP contribution in [0.5, 0.6) is 5.75 Å². The van der Waals surface area contributed by atoms with Gasteiger partial charge < -0.3 is 20.3 Å². The number of carbonyl (C=O) groups is 1. The highest BCUT2D eigenvalue weighted by Crippen LogP contribution is 2.28. The van der Waals surface area contributed by atoms with Gasteiger partial charge in [-0.2, -0.15) is 0 Å². The van der Waals surface area contributed by atoms with Gasteiger partial charge in [-0.25, -0.2) is 0 Å². The van der Waals surface area contributed by atoms with Crippen LogP contribution in [-0.4, -0.2) is 24.7 Å². The van der Waals surface area contributed by atoms with E-state index < -0.39 is 0 Å². The molecule has 0 unspecified atom stereocenters. The maximum atomic E-state index is 12.1. The highest BCUT2D eigenvalue weighted by atomic mass is 32.1. The number of amides is 1. The number of aryl methyl sites for hydroxylation is 1. The molecule has 2 aromatic rings. The van der Waals surface area contributed by atoms with Gasteiger partial charge in [-0.3, -0.25) is 4.79 Å². The maximum absolute atomic E-state index is 12.1. The van der Waals surface area contributed by atoms with Gasteiger partial charge in [0.25, 0.3) is 0 Å². The molecule has 1 heterocycles. The summed E-state index contributed by atoms with van der Waals surface area (Å²) in [6, 6.07) is 14.1. The van der Waals surface area contributed by atoms with Crippen molar-refractivity contribution in [3.63, 3.8) is 0 Å². The molecular formula is C22H27N3O2S. The summed E-state index contributed by atoms with van der Waals surface area (Å²) < 4.78 is 5.23. The molecule has 5 nitrogen and oxygen atoms in total. The molecule has 1 saturated heterocycles. The van der Waals surface area contributed by atoms with E-state index in [2.05, 4.69) is 17.6 Å². The molecule has 148 valence electrons. The number of benzene rings is 2. The van der Waals surface area contributed by atoms with Crippen molar-refractivity contribution >= 4 is 34.6 Å². The Morgan fingerprint density at radius 2 is 2.00 bits per heavy atom. The first-order chi connectivity index (χ1) is 13.5. The average Bonchev–Trinajstić information content (AvgIpc) is 3.13. The molecule has 2 N–H and O–H groups in total. The topological polar surface area (TPSA) is 53.6 Å². The average molecular weight is 398 g/mol. The molecule has 0 spiro atoms. The minimum absolute atomic E-state index is 0.107. The molecule has 0 aromatic heterocycles. The van der Waals surface area contributed by atoms with Crippen LogP contribution in [0.1, 0.15) is 43.4 Å². The first-order valence-corrected chi connectivity index (χ1v) is 10.0. The molecule has 1 aliphatic heterocycles. The monoisotopic (exact) mass is 397 g/mol. The van der Waals surface area contributed by atoms with E-state index in [-0.39, 0.29) is 11.9 Å². The van der Waals surface area contributed by atoms with E-state index in [9.17, 15) is 4.79 Å². The zero-order chi connectivity index (χ0) is 20.1. The van der Waals surface area contributed by atoms with E-state index in [0.717, 1.165) is 47.6 Å². The first-order valence-electron chi connectivity index (χ1n) is 9.64. The summed E-state index contributed by atoms with van der Waals surface area (Å²) in [5, 5.41) is 7.20. The maximum Gasteiger partial charge on any atom is 0.227 e. The van der Waals surface area contributed by atoms with Gasteiger partial charge in [0.05, 0.1) is 13.2 Å². The molecule has 0 saturated carbocycles. The lowest BCUT2D eigenvalue weighted by Crippen LogP contribution is -2.32. The molecule has 28 heavy (non-hydrogen) atoms. The summed E-state index contributed by atoms with van der Waals surface area (Å²) in [6.07, 6.45) is 2.43. The highest BCUT2D eigenvalue weighted by Gasteiger charge is 2.23. The van der Waals surface area contributed by atoms with Crippen molar-refractivity contribution in [3.8, 4) is 5.75 Å². The van der Waals surface area contributed by atoms with Crippen LogP contribution in [-0.2, 0) is 4.79 Å². The summed E-state index contributed by atoms with van der Waals surface area (Å²) in [5.41, 5.74) is 4.07. The summed E-state index contributed by atoms with van der Waals surface area (Å²) in [5.74, 6) is 1.02. The van der Waals surface area contributed by atoms with Crippen molar-refractivity contribution in [1.29, 1.82) is 0 Å². The molecule has 0 aliphatic carbocycles. The third-order valence-electron chi connectivity index (χ3n) is 5.06. The Bertz CT molecular complexity index is 851. The van der Waals surface area contributed by atoms with Crippen LogP contribution in [0.3, 0.4) is 0 Å². The Labute approximate surface area is 172 Å². The SMILES string of the molecule is CC[C@@H](NC(=S)Nc1ccc(C)c(N2CCCC2=O)c1)c1ccc(OC)cc1. The third kappa shape index (κ3) is 4.62. The van der Waals surface area contributed by atoms with E-state index in [4.69, 9.17) is 17.0 Å². The standard InChI is InChI=1S/C22H27N3O2S/c1-4-19(16-8-11-18(27-3)12-9-16)24-22(28)23-17-10-7-15(2)20(14-17)25-13-5-6-21(25)26/h7-12,14,19H,4-6,13H2,1-3H3,(H2,23,24,28)/t19-/m1/s1. The molecule has 1 fully saturated rings. The van der Waals surface area contributed by atoms with Gasteiger partial charge >= 0.3 is 0 Å². The molecule has 1 amide bonds. The van der Waals surface area contributed by atoms with Crippen LogP contribution in [0.25, 0.3) is 0 Å². The second-order valence-electron chi connectivity index (χ2n) is 6.98. The number of nitrogens with zero attached hydrogens (tertiary/aromatic N) is 1. The van der Waals surface area contributed by atoms with E-state index in [1.165, 1.54) is 0 Å². The van der Waals surface area contributed by atoms with Crippen LogP contribution in [0.15, 0.2) is 42.5 Å². The zero-order valence-corrected chi connectivity index (χ0v) is 17.4. The number of carbonyl (C=O) groups excluding carboxylic acids is 1. The quantitative estimate of drug-likeness (QED) is 0.700. The summed E-state index contributed by atoms with van der Waals surface area (Å²) in [7, 11) is 1.66. The van der Waals surface area contributed by atoms with Crippen molar-refractivity contribution in [2.75, 3.05) is 23.9 Å². The Balaban J connectivity index is 1.68. The number of rotatable bonds is 6. The number of methoxy groups -OCH3 is 1. The van der Waals surface area contributed by atoms with Crippen LogP contribution in [0, 0.1) is 6.92 Å². The molecule has 0 bridgehead atoms. The van der Waals surface area contributed by atoms with Gasteiger partial charge in [0.15, 0.2) is 5.11 Å². The second kappa shape index (κ2) is 9.06. The Morgan fingerprint density at radius 1 is 1.25 bits per heavy atom. The normalized spacial score (nSPS) is 14.7. The highest BCUT2D eigenvalue weighted by molar-refractivity contribution is 7.80. The van der Waals surface area contributed by atoms with Crippen molar-refractivity contribution in [1.82, 2.24) is 5.32 Å². The summed E-state index contributed by atoms with van der Waals surface area (Å²) in [6.45, 7) is 4.92. The van der Waals surface area contributed by atoms with Crippen LogP contribution < -0.4 is 20.3 Å². The molecule has 6 heteroatoms. The lowest BCUT2D eigenvalue weighted by Gasteiger charge is -2.22. The lowest BCUT2D eigenvalue weighted by molar-refractivity contribution is -0.117. The van der Waals surface area contributed by atoms with Gasteiger partial charge in [0.2, 0.25) is 5.91 Å². The van der Waals surface area contributed by atoms with Crippen LogP contribution in [0.4, 0.5) is 11.4 Å². The number of ether oxygens (including phenoxy) is 1. The van der Waals surface area contributed by atoms with Gasteiger partial charge in [-0.05, 0) is 67.4 Å². The number of hydrogen-bond acceptors (Lipinski definition) is 3. The van der Waals surface area contributed by atoms with E-state index in [0.29, 0.717) is 11.5 Å². The minimum atomic E-state index is 0.107. The second-order valence-corrected chi connectivity index (χ2v) is 7.39. The molecule has 3 rings (SSSR count). The summed E-state index contributed by atoms with van der Waals surface area (Å²) >= 11 is 5.53. The van der Waals surface area contributed by atoms with Gasteiger partial charge in [0, 0.05) is 24.3 Å². The number of anilines is 2. The third-order valence-corrected chi connectivity index (χ3v) is 5.28. The molecule has 1 aliphatic rings. The fourth-order valence-corrected chi connectivity index (χ4v) is 3.72. The van der Waals surface area contributed by atoms with Crippen molar-refractivity contribution in [2.45, 2.75) is 39.2 Å². The predicted octanol–water partition coefficient (Wildman–Crippen LogP) is 4.57. The molecule has 0 radical (unpaired) electrons. The zero-order valence-electron chi connectivity index (χ0n) is 16.6. The van der Waals surface area contributed by atoms with E-state index in [1.54, 1.807) is 7.11 Å². The molecular weight excluding hydrogens is 370 g/mol. The molecule has 1 atom stereocenters. The predicted molar refractivity (Wildman–Crippen MR) is 118 cm³/mol.